The zero-order valence-electron chi connectivity index (χ0n) is 15.7. The fourth-order valence-corrected chi connectivity index (χ4v) is 2.49. The van der Waals surface area contributed by atoms with Crippen LogP contribution in [0.15, 0.2) is 81.3 Å². The third-order valence-corrected chi connectivity index (χ3v) is 3.84. The third kappa shape index (κ3) is 5.10. The topological polar surface area (TPSA) is 91.4 Å². The molecule has 0 fully saturated rings. The second kappa shape index (κ2) is 8.60. The normalized spacial score (nSPS) is 15.6. The maximum absolute atomic E-state index is 12.5. The van der Waals surface area contributed by atoms with E-state index in [1.807, 2.05) is 18.2 Å². The van der Waals surface area contributed by atoms with E-state index in [9.17, 15) is 13.2 Å². The van der Waals surface area contributed by atoms with E-state index in [2.05, 4.69) is 32.0 Å². The highest BCUT2D eigenvalue weighted by atomic mass is 19.4. The average Bonchev–Trinajstić information content (AvgIpc) is 3.21. The lowest BCUT2D eigenvalue weighted by Crippen LogP contribution is -2.17. The van der Waals surface area contributed by atoms with Gasteiger partial charge < -0.3 is 9.47 Å². The predicted molar refractivity (Wildman–Crippen MR) is 107 cm³/mol. The van der Waals surface area contributed by atoms with Crippen molar-refractivity contribution >= 4 is 24.2 Å². The van der Waals surface area contributed by atoms with E-state index in [1.54, 1.807) is 25.1 Å². The van der Waals surface area contributed by atoms with E-state index in [-0.39, 0.29) is 29.1 Å². The van der Waals surface area contributed by atoms with Gasteiger partial charge in [-0.2, -0.15) is 0 Å². The number of hydrogen-bond donors (Lipinski definition) is 2. The number of benzene rings is 2. The maximum atomic E-state index is 12.5. The van der Waals surface area contributed by atoms with E-state index in [0.29, 0.717) is 16.8 Å². The Labute approximate surface area is 169 Å². The Balaban J connectivity index is 1.91. The summed E-state index contributed by atoms with van der Waals surface area (Å²) in [6.07, 6.45) is -4.81. The molecule has 1 aliphatic rings. The molecule has 30 heavy (non-hydrogen) atoms. The molecule has 0 atom stereocenters. The molecule has 0 bridgehead atoms. The summed E-state index contributed by atoms with van der Waals surface area (Å²) < 4.78 is 47.0. The van der Waals surface area contributed by atoms with Crippen LogP contribution < -0.4 is 10.2 Å². The van der Waals surface area contributed by atoms with Crippen LogP contribution in [0.3, 0.4) is 0 Å². The van der Waals surface area contributed by atoms with Gasteiger partial charge >= 0.3 is 6.36 Å². The maximum Gasteiger partial charge on any atom is 0.573 e. The molecule has 3 rings (SSSR count). The summed E-state index contributed by atoms with van der Waals surface area (Å²) in [5, 5.41) is 12.1. The Morgan fingerprint density at radius 1 is 1.17 bits per heavy atom. The molecule has 0 saturated carbocycles. The monoisotopic (exact) mass is 415 g/mol. The quantitative estimate of drug-likeness (QED) is 0.566. The number of hydrogen-bond acceptors (Lipinski definition) is 6. The number of aliphatic imine (C=N–C) groups is 2. The van der Waals surface area contributed by atoms with Crippen LogP contribution in [0.1, 0.15) is 18.1 Å². The summed E-state index contributed by atoms with van der Waals surface area (Å²) >= 11 is 0. The van der Waals surface area contributed by atoms with Gasteiger partial charge in [-0.05, 0) is 43.5 Å². The van der Waals surface area contributed by atoms with Crippen molar-refractivity contribution in [3.05, 3.63) is 77.3 Å². The van der Waals surface area contributed by atoms with Crippen molar-refractivity contribution in [2.75, 3.05) is 0 Å². The molecule has 2 N–H and O–H groups in total. The second-order valence-corrected chi connectivity index (χ2v) is 5.95. The Hall–Kier alpha value is -3.95. The summed E-state index contributed by atoms with van der Waals surface area (Å²) in [4.78, 5) is 7.87. The lowest BCUT2D eigenvalue weighted by atomic mass is 10.1. The molecule has 0 amide bonds. The summed E-state index contributed by atoms with van der Waals surface area (Å²) in [7, 11) is 0. The van der Waals surface area contributed by atoms with Gasteiger partial charge in [-0.1, -0.05) is 30.3 Å². The molecule has 1 aliphatic heterocycles. The molecule has 0 radical (unpaired) electrons. The van der Waals surface area contributed by atoms with Crippen molar-refractivity contribution in [2.24, 2.45) is 15.1 Å². The van der Waals surface area contributed by atoms with Gasteiger partial charge in [-0.3, -0.25) is 5.41 Å². The minimum absolute atomic E-state index is 0.0145. The molecule has 10 heteroatoms. The third-order valence-electron chi connectivity index (χ3n) is 3.84. The van der Waals surface area contributed by atoms with Gasteiger partial charge in [-0.25, -0.2) is 15.4 Å². The molecule has 0 spiro atoms. The summed E-state index contributed by atoms with van der Waals surface area (Å²) in [6.45, 7) is 4.89. The number of nitrogens with zero attached hydrogens (tertiary/aromatic N) is 3. The number of halogens is 3. The van der Waals surface area contributed by atoms with Crippen molar-refractivity contribution in [3.63, 3.8) is 0 Å². The van der Waals surface area contributed by atoms with Crippen molar-refractivity contribution in [1.29, 1.82) is 5.41 Å². The van der Waals surface area contributed by atoms with Gasteiger partial charge in [0, 0.05) is 11.3 Å². The first-order valence-corrected chi connectivity index (χ1v) is 8.55. The number of ether oxygens (including phenoxy) is 2. The molecule has 0 aliphatic carbocycles. The van der Waals surface area contributed by atoms with E-state index in [0.717, 1.165) is 0 Å². The van der Waals surface area contributed by atoms with Crippen LogP contribution in [0.2, 0.25) is 0 Å². The molecule has 2 aromatic carbocycles. The smallest absolute Gasteiger partial charge is 0.417 e. The molecule has 0 aromatic heterocycles. The largest absolute Gasteiger partial charge is 0.573 e. The fraction of sp³-hybridized carbons (Fsp3) is 0.100. The molecule has 0 unspecified atom stereocenters. The zero-order valence-corrected chi connectivity index (χ0v) is 15.7. The van der Waals surface area contributed by atoms with E-state index in [1.165, 1.54) is 18.2 Å². The molecule has 0 saturated heterocycles. The van der Waals surface area contributed by atoms with Crippen LogP contribution in [0, 0.1) is 5.41 Å². The van der Waals surface area contributed by atoms with E-state index >= 15 is 0 Å². The first kappa shape index (κ1) is 20.8. The Morgan fingerprint density at radius 3 is 2.57 bits per heavy atom. The minimum Gasteiger partial charge on any atom is -0.417 e. The summed E-state index contributed by atoms with van der Waals surface area (Å²) in [5.41, 5.74) is 4.00. The van der Waals surface area contributed by atoms with E-state index < -0.39 is 6.36 Å². The summed E-state index contributed by atoms with van der Waals surface area (Å²) in [6, 6.07) is 14.4. The highest BCUT2D eigenvalue weighted by Crippen LogP contribution is 2.24. The van der Waals surface area contributed by atoms with Gasteiger partial charge in [0.2, 0.25) is 11.8 Å². The van der Waals surface area contributed by atoms with Crippen LogP contribution in [-0.4, -0.2) is 30.5 Å². The lowest BCUT2D eigenvalue weighted by molar-refractivity contribution is -0.274. The first-order chi connectivity index (χ1) is 14.3. The number of alkyl halides is 3. The Bertz CT molecular complexity index is 1060. The standard InChI is InChI=1S/C20H16F3N5O2/c1-12(14-9-6-10-15(11-14)30-20(21,22)23)26-16(17(24)25-2)19-28-27-18(29-19)13-7-4-3-5-8-13/h3-11,24,28H,2H2,1H3. The fourth-order valence-electron chi connectivity index (χ4n) is 2.49. The Kier molecular flexibility index (Phi) is 5.95. The average molecular weight is 415 g/mol. The van der Waals surface area contributed by atoms with Gasteiger partial charge in [0.1, 0.15) is 5.75 Å². The van der Waals surface area contributed by atoms with Gasteiger partial charge in [0.25, 0.3) is 0 Å². The number of nitrogens with one attached hydrogen (secondary N) is 2. The van der Waals surface area contributed by atoms with Crippen LogP contribution in [-0.2, 0) is 4.74 Å². The van der Waals surface area contributed by atoms with Crippen LogP contribution in [0.25, 0.3) is 0 Å². The molecular formula is C20H16F3N5O2. The van der Waals surface area contributed by atoms with Crippen molar-refractivity contribution in [3.8, 4) is 5.75 Å². The minimum atomic E-state index is -4.81. The Morgan fingerprint density at radius 2 is 1.90 bits per heavy atom. The summed E-state index contributed by atoms with van der Waals surface area (Å²) in [5.74, 6) is -0.364. The molecule has 7 nitrogen and oxygen atoms in total. The van der Waals surface area contributed by atoms with Gasteiger partial charge in [0.15, 0.2) is 11.5 Å². The number of rotatable bonds is 5. The second-order valence-electron chi connectivity index (χ2n) is 5.95. The van der Waals surface area contributed by atoms with Gasteiger partial charge in [0.05, 0.1) is 0 Å². The van der Waals surface area contributed by atoms with Crippen molar-refractivity contribution in [2.45, 2.75) is 13.3 Å². The van der Waals surface area contributed by atoms with Crippen LogP contribution >= 0.6 is 0 Å². The highest BCUT2D eigenvalue weighted by molar-refractivity contribution is 6.06. The lowest BCUT2D eigenvalue weighted by Gasteiger charge is -2.11. The van der Waals surface area contributed by atoms with E-state index in [4.69, 9.17) is 10.1 Å². The van der Waals surface area contributed by atoms with Gasteiger partial charge in [-0.15, -0.1) is 18.3 Å². The molecular weight excluding hydrogens is 399 g/mol. The highest BCUT2D eigenvalue weighted by Gasteiger charge is 2.31. The SMILES string of the molecule is C=NC(=N)C(N=C(C)c1cccc(OC(F)(F)F)c1)=C1NN=C(c2ccccc2)O1. The van der Waals surface area contributed by atoms with Crippen LogP contribution in [0.5, 0.6) is 5.75 Å². The predicted octanol–water partition coefficient (Wildman–Crippen LogP) is 4.22. The first-order valence-electron chi connectivity index (χ1n) is 8.55. The zero-order chi connectivity index (χ0) is 21.7. The van der Waals surface area contributed by atoms with Crippen molar-refractivity contribution < 1.29 is 22.6 Å². The number of hydrazone groups is 1. The molecule has 1 heterocycles. The molecule has 154 valence electrons. The van der Waals surface area contributed by atoms with Crippen molar-refractivity contribution in [1.82, 2.24) is 5.43 Å². The molecule has 2 aromatic rings. The number of amidine groups is 1. The van der Waals surface area contributed by atoms with Crippen LogP contribution in [0.4, 0.5) is 13.2 Å².